The van der Waals surface area contributed by atoms with Crippen molar-refractivity contribution in [3.8, 4) is 0 Å². The number of aliphatic carboxylic acids is 1. The number of hydrogen-bond donors (Lipinski definition) is 1. The molecule has 1 aromatic heterocycles. The smallest absolute Gasteiger partial charge is 0.313 e. The van der Waals surface area contributed by atoms with Gasteiger partial charge in [-0.1, -0.05) is 11.8 Å². The SMILES string of the molecule is CCOCc1nc(SCC(=O)O)n(C)n1. The summed E-state index contributed by atoms with van der Waals surface area (Å²) < 4.78 is 6.71. The van der Waals surface area contributed by atoms with Gasteiger partial charge in [0.25, 0.3) is 0 Å². The molecule has 0 aliphatic heterocycles. The van der Waals surface area contributed by atoms with Crippen LogP contribution in [0.1, 0.15) is 12.7 Å². The van der Waals surface area contributed by atoms with E-state index in [1.165, 1.54) is 0 Å². The van der Waals surface area contributed by atoms with Crippen molar-refractivity contribution in [2.75, 3.05) is 12.4 Å². The van der Waals surface area contributed by atoms with Crippen LogP contribution in [0.5, 0.6) is 0 Å². The summed E-state index contributed by atoms with van der Waals surface area (Å²) in [5, 5.41) is 13.2. The fourth-order valence-electron chi connectivity index (χ4n) is 0.928. The van der Waals surface area contributed by atoms with E-state index in [2.05, 4.69) is 10.1 Å². The normalized spacial score (nSPS) is 10.5. The summed E-state index contributed by atoms with van der Waals surface area (Å²) in [5.74, 6) is -0.303. The van der Waals surface area contributed by atoms with Crippen molar-refractivity contribution in [3.63, 3.8) is 0 Å². The van der Waals surface area contributed by atoms with Crippen LogP contribution < -0.4 is 0 Å². The highest BCUT2D eigenvalue weighted by Crippen LogP contribution is 2.14. The maximum absolute atomic E-state index is 10.4. The number of carboxylic acids is 1. The van der Waals surface area contributed by atoms with Gasteiger partial charge in [-0.25, -0.2) is 9.67 Å². The minimum Gasteiger partial charge on any atom is -0.481 e. The number of hydrogen-bond acceptors (Lipinski definition) is 5. The van der Waals surface area contributed by atoms with Crippen LogP contribution in [0.4, 0.5) is 0 Å². The number of aryl methyl sites for hydroxylation is 1. The molecule has 0 spiro atoms. The van der Waals surface area contributed by atoms with Gasteiger partial charge in [0.15, 0.2) is 11.0 Å². The zero-order chi connectivity index (χ0) is 11.3. The van der Waals surface area contributed by atoms with Gasteiger partial charge in [-0.2, -0.15) is 5.10 Å². The second kappa shape index (κ2) is 5.72. The Bertz CT molecular complexity index is 340. The molecule has 0 aliphatic rings. The summed E-state index contributed by atoms with van der Waals surface area (Å²) >= 11 is 1.14. The Labute approximate surface area is 91.6 Å². The van der Waals surface area contributed by atoms with Gasteiger partial charge in [0.1, 0.15) is 6.61 Å². The Kier molecular flexibility index (Phi) is 4.57. The molecule has 7 heteroatoms. The van der Waals surface area contributed by atoms with Crippen molar-refractivity contribution >= 4 is 17.7 Å². The quantitative estimate of drug-likeness (QED) is 0.719. The van der Waals surface area contributed by atoms with Crippen LogP contribution in [0, 0.1) is 0 Å². The molecule has 0 aliphatic carbocycles. The largest absolute Gasteiger partial charge is 0.481 e. The van der Waals surface area contributed by atoms with Gasteiger partial charge in [-0.05, 0) is 6.92 Å². The summed E-state index contributed by atoms with van der Waals surface area (Å²) in [4.78, 5) is 14.5. The number of nitrogens with zero attached hydrogens (tertiary/aromatic N) is 3. The minimum absolute atomic E-state index is 0.0133. The number of thioether (sulfide) groups is 1. The average molecular weight is 231 g/mol. The summed E-state index contributed by atoms with van der Waals surface area (Å²) in [6, 6.07) is 0. The first-order valence-electron chi connectivity index (χ1n) is 4.45. The zero-order valence-electron chi connectivity index (χ0n) is 8.63. The van der Waals surface area contributed by atoms with Crippen molar-refractivity contribution in [1.82, 2.24) is 14.8 Å². The number of ether oxygens (including phenoxy) is 1. The lowest BCUT2D eigenvalue weighted by Gasteiger charge is -1.94. The Balaban J connectivity index is 2.56. The van der Waals surface area contributed by atoms with E-state index < -0.39 is 5.97 Å². The third kappa shape index (κ3) is 3.88. The summed E-state index contributed by atoms with van der Waals surface area (Å²) in [6.45, 7) is 2.86. The third-order valence-corrected chi connectivity index (χ3v) is 2.53. The molecule has 15 heavy (non-hydrogen) atoms. The van der Waals surface area contributed by atoms with Gasteiger partial charge in [0.2, 0.25) is 0 Å². The van der Waals surface area contributed by atoms with Crippen LogP contribution in [-0.2, 0) is 23.2 Å². The van der Waals surface area contributed by atoms with E-state index in [-0.39, 0.29) is 5.75 Å². The second-order valence-corrected chi connectivity index (χ2v) is 3.70. The lowest BCUT2D eigenvalue weighted by atomic mass is 10.7. The highest BCUT2D eigenvalue weighted by molar-refractivity contribution is 7.99. The predicted molar refractivity (Wildman–Crippen MR) is 54.7 cm³/mol. The molecule has 0 fully saturated rings. The van der Waals surface area contributed by atoms with E-state index >= 15 is 0 Å². The predicted octanol–water partition coefficient (Wildman–Crippen LogP) is 0.528. The molecule has 0 saturated heterocycles. The molecule has 0 unspecified atom stereocenters. The van der Waals surface area contributed by atoms with Crippen LogP contribution in [0.2, 0.25) is 0 Å². The number of aromatic nitrogens is 3. The van der Waals surface area contributed by atoms with Crippen molar-refractivity contribution in [1.29, 1.82) is 0 Å². The van der Waals surface area contributed by atoms with E-state index in [9.17, 15) is 4.79 Å². The fourth-order valence-corrected chi connectivity index (χ4v) is 1.58. The molecule has 0 atom stereocenters. The maximum Gasteiger partial charge on any atom is 0.313 e. The Morgan fingerprint density at radius 1 is 1.67 bits per heavy atom. The molecule has 0 aromatic carbocycles. The summed E-state index contributed by atoms with van der Waals surface area (Å²) in [7, 11) is 1.73. The van der Waals surface area contributed by atoms with E-state index in [1.807, 2.05) is 6.92 Å². The molecular formula is C8H13N3O3S. The van der Waals surface area contributed by atoms with Crippen molar-refractivity contribution in [2.24, 2.45) is 7.05 Å². The number of carboxylic acid groups (broad SMARTS) is 1. The molecule has 0 radical (unpaired) electrons. The summed E-state index contributed by atoms with van der Waals surface area (Å²) in [6.07, 6.45) is 0. The average Bonchev–Trinajstić information content (AvgIpc) is 2.53. The van der Waals surface area contributed by atoms with Crippen LogP contribution in [0.3, 0.4) is 0 Å². The van der Waals surface area contributed by atoms with Gasteiger partial charge in [-0.3, -0.25) is 4.79 Å². The highest BCUT2D eigenvalue weighted by Gasteiger charge is 2.09. The fraction of sp³-hybridized carbons (Fsp3) is 0.625. The van der Waals surface area contributed by atoms with E-state index in [1.54, 1.807) is 11.7 Å². The molecule has 0 amide bonds. The van der Waals surface area contributed by atoms with Crippen LogP contribution >= 0.6 is 11.8 Å². The number of carbonyl (C=O) groups is 1. The molecule has 0 saturated carbocycles. The van der Waals surface area contributed by atoms with Gasteiger partial charge in [0, 0.05) is 13.7 Å². The van der Waals surface area contributed by atoms with Crippen molar-refractivity contribution in [2.45, 2.75) is 18.7 Å². The maximum atomic E-state index is 10.4. The Morgan fingerprint density at radius 3 is 3.00 bits per heavy atom. The molecule has 1 N–H and O–H groups in total. The molecular weight excluding hydrogens is 218 g/mol. The minimum atomic E-state index is -0.866. The van der Waals surface area contributed by atoms with Gasteiger partial charge in [0.05, 0.1) is 5.75 Å². The second-order valence-electron chi connectivity index (χ2n) is 2.75. The first kappa shape index (κ1) is 12.0. The Morgan fingerprint density at radius 2 is 2.40 bits per heavy atom. The molecule has 84 valence electrons. The molecule has 1 aromatic rings. The van der Waals surface area contributed by atoms with Crippen molar-refractivity contribution in [3.05, 3.63) is 5.82 Å². The molecule has 6 nitrogen and oxygen atoms in total. The van der Waals surface area contributed by atoms with Gasteiger partial charge < -0.3 is 9.84 Å². The highest BCUT2D eigenvalue weighted by atomic mass is 32.2. The monoisotopic (exact) mass is 231 g/mol. The van der Waals surface area contributed by atoms with Crippen molar-refractivity contribution < 1.29 is 14.6 Å². The third-order valence-electron chi connectivity index (χ3n) is 1.53. The first-order chi connectivity index (χ1) is 7.13. The summed E-state index contributed by atoms with van der Waals surface area (Å²) in [5.41, 5.74) is 0. The first-order valence-corrected chi connectivity index (χ1v) is 5.44. The van der Waals surface area contributed by atoms with Crippen LogP contribution in [0.25, 0.3) is 0 Å². The Hall–Kier alpha value is -1.08. The van der Waals surface area contributed by atoms with Gasteiger partial charge in [-0.15, -0.1) is 0 Å². The lowest BCUT2D eigenvalue weighted by Crippen LogP contribution is -2.00. The van der Waals surface area contributed by atoms with Crippen LogP contribution in [0.15, 0.2) is 5.16 Å². The molecule has 1 heterocycles. The topological polar surface area (TPSA) is 77.2 Å². The van der Waals surface area contributed by atoms with E-state index in [0.29, 0.717) is 24.2 Å². The van der Waals surface area contributed by atoms with E-state index in [0.717, 1.165) is 11.8 Å². The lowest BCUT2D eigenvalue weighted by molar-refractivity contribution is -0.133. The molecule has 1 rings (SSSR count). The number of rotatable bonds is 6. The van der Waals surface area contributed by atoms with Gasteiger partial charge >= 0.3 is 5.97 Å². The molecule has 0 bridgehead atoms. The standard InChI is InChI=1S/C8H13N3O3S/c1-3-14-4-6-9-8(11(2)10-6)15-5-7(12)13/h3-5H2,1-2H3,(H,12,13). The zero-order valence-corrected chi connectivity index (χ0v) is 9.45. The van der Waals surface area contributed by atoms with Crippen LogP contribution in [-0.4, -0.2) is 38.2 Å². The van der Waals surface area contributed by atoms with E-state index in [4.69, 9.17) is 9.84 Å².